The fraction of sp³-hybridized carbons (Fsp3) is 1.00. The Labute approximate surface area is 416 Å². The van der Waals surface area contributed by atoms with Crippen molar-refractivity contribution in [2.24, 2.45) is 16.7 Å². The van der Waals surface area contributed by atoms with E-state index in [0.717, 1.165) is 18.8 Å². The monoisotopic (exact) mass is 1000 g/mol. The van der Waals surface area contributed by atoms with Crippen LogP contribution in [0.1, 0.15) is 66.7 Å². The fourth-order valence-electron chi connectivity index (χ4n) is 7.48. The second-order valence-electron chi connectivity index (χ2n) is 18.2. The molecule has 69 heavy (non-hydrogen) atoms. The van der Waals surface area contributed by atoms with Crippen LogP contribution in [0, 0.1) is 16.7 Å². The maximum atomic E-state index is 8.61. The zero-order valence-electron chi connectivity index (χ0n) is 43.9. The second-order valence-corrected chi connectivity index (χ2v) is 18.2. The molecule has 0 aromatic rings. The molecule has 0 saturated heterocycles. The summed E-state index contributed by atoms with van der Waals surface area (Å²) in [5, 5.41) is 8.61. The number of hydrogen-bond acceptors (Lipinski definition) is 19. The van der Waals surface area contributed by atoms with Gasteiger partial charge in [-0.3, -0.25) is 0 Å². The topological polar surface area (TPSA) is 186 Å². The number of ether oxygens (including phenoxy) is 18. The summed E-state index contributed by atoms with van der Waals surface area (Å²) in [6.07, 6.45) is 6.47. The van der Waals surface area contributed by atoms with Gasteiger partial charge in [-0.25, -0.2) is 0 Å². The van der Waals surface area contributed by atoms with Crippen molar-refractivity contribution in [3.05, 3.63) is 0 Å². The smallest absolute Gasteiger partial charge is 0.0704 e. The molecule has 414 valence electrons. The molecule has 1 aliphatic rings. The Morgan fingerprint density at radius 3 is 0.652 bits per heavy atom. The molecule has 0 bridgehead atoms. The standard InChI is InChI=1S/C50H100O19/c1-49(2,3)46-50(4,5)47-6-8-48(9-7-47)69-45-44-68-43-42-67-41-40-66-39-38-65-37-36-64-35-34-63-33-32-62-31-30-61-29-28-60-27-26-59-25-24-58-23-22-57-21-20-56-19-18-55-17-16-54-15-14-53-13-12-52-11-10-51/h47-48,51H,6-46H2,1-5H3. The summed E-state index contributed by atoms with van der Waals surface area (Å²) in [5.74, 6) is 0.788. The predicted octanol–water partition coefficient (Wildman–Crippen LogP) is 4.30. The first kappa shape index (κ1) is 66.3. The molecule has 0 radical (unpaired) electrons. The zero-order chi connectivity index (χ0) is 49.9. The van der Waals surface area contributed by atoms with E-state index < -0.39 is 0 Å². The van der Waals surface area contributed by atoms with Gasteiger partial charge in [-0.2, -0.15) is 0 Å². The molecule has 0 spiro atoms. The molecule has 0 aromatic carbocycles. The average Bonchev–Trinajstić information content (AvgIpc) is 3.32. The molecule has 0 amide bonds. The Bertz CT molecular complexity index is 1000. The van der Waals surface area contributed by atoms with E-state index in [1.54, 1.807) is 0 Å². The van der Waals surface area contributed by atoms with Crippen LogP contribution in [-0.2, 0) is 85.3 Å². The van der Waals surface area contributed by atoms with E-state index in [0.29, 0.717) is 248 Å². The Morgan fingerprint density at radius 1 is 0.275 bits per heavy atom. The van der Waals surface area contributed by atoms with Gasteiger partial charge in [0.1, 0.15) is 0 Å². The van der Waals surface area contributed by atoms with E-state index in [1.165, 1.54) is 19.3 Å². The van der Waals surface area contributed by atoms with Gasteiger partial charge < -0.3 is 90.4 Å². The minimum Gasteiger partial charge on any atom is -0.394 e. The van der Waals surface area contributed by atoms with Gasteiger partial charge >= 0.3 is 0 Å². The first-order chi connectivity index (χ1) is 33.7. The molecule has 19 heteroatoms. The van der Waals surface area contributed by atoms with Crippen LogP contribution in [0.3, 0.4) is 0 Å². The third-order valence-corrected chi connectivity index (χ3v) is 10.5. The van der Waals surface area contributed by atoms with Crippen LogP contribution in [0.5, 0.6) is 0 Å². The molecule has 1 saturated carbocycles. The SMILES string of the molecule is CC(C)(C)CC(C)(C)C1CCC(OCCOCCOCCOCCOCCOCCOCCOCCOCCOCCOCCOCCOCCOCCOCCOCCOCCOCCO)CC1. The largest absolute Gasteiger partial charge is 0.394 e. The predicted molar refractivity (Wildman–Crippen MR) is 261 cm³/mol. The maximum Gasteiger partial charge on any atom is 0.0704 e. The van der Waals surface area contributed by atoms with Gasteiger partial charge in [0, 0.05) is 0 Å². The van der Waals surface area contributed by atoms with E-state index >= 15 is 0 Å². The summed E-state index contributed by atoms with van der Waals surface area (Å²) in [6, 6.07) is 0. The van der Waals surface area contributed by atoms with Gasteiger partial charge in [-0.15, -0.1) is 0 Å². The number of aliphatic hydroxyl groups excluding tert-OH is 1. The molecule has 0 aromatic heterocycles. The van der Waals surface area contributed by atoms with Crippen LogP contribution >= 0.6 is 0 Å². The highest BCUT2D eigenvalue weighted by Crippen LogP contribution is 2.45. The van der Waals surface area contributed by atoms with Crippen molar-refractivity contribution >= 4 is 0 Å². The van der Waals surface area contributed by atoms with Crippen molar-refractivity contribution < 1.29 is 90.4 Å². The van der Waals surface area contributed by atoms with E-state index in [-0.39, 0.29) is 6.61 Å². The highest BCUT2D eigenvalue weighted by atomic mass is 16.6. The minimum atomic E-state index is 0.0210. The van der Waals surface area contributed by atoms with Crippen molar-refractivity contribution in [2.75, 3.05) is 238 Å². The maximum absolute atomic E-state index is 8.61. The van der Waals surface area contributed by atoms with Crippen molar-refractivity contribution in [1.29, 1.82) is 0 Å². The first-order valence-corrected chi connectivity index (χ1v) is 25.8. The lowest BCUT2D eigenvalue weighted by Crippen LogP contribution is -2.34. The quantitative estimate of drug-likeness (QED) is 0.0850. The van der Waals surface area contributed by atoms with Gasteiger partial charge in [0.15, 0.2) is 0 Å². The summed E-state index contributed by atoms with van der Waals surface area (Å²) >= 11 is 0. The molecule has 1 aliphatic carbocycles. The Kier molecular flexibility index (Phi) is 48.7. The van der Waals surface area contributed by atoms with Crippen LogP contribution in [0.4, 0.5) is 0 Å². The van der Waals surface area contributed by atoms with Crippen molar-refractivity contribution in [2.45, 2.75) is 72.8 Å². The normalized spacial score (nSPS) is 15.7. The lowest BCUT2D eigenvalue weighted by atomic mass is 9.64. The van der Waals surface area contributed by atoms with Crippen LogP contribution < -0.4 is 0 Å². The van der Waals surface area contributed by atoms with Crippen LogP contribution in [0.15, 0.2) is 0 Å². The van der Waals surface area contributed by atoms with Gasteiger partial charge in [-0.05, 0) is 48.9 Å². The number of hydrogen-bond donors (Lipinski definition) is 1. The summed E-state index contributed by atoms with van der Waals surface area (Å²) in [4.78, 5) is 0. The van der Waals surface area contributed by atoms with Crippen molar-refractivity contribution in [3.8, 4) is 0 Å². The Hall–Kier alpha value is -0.760. The van der Waals surface area contributed by atoms with Crippen LogP contribution in [-0.4, -0.2) is 249 Å². The zero-order valence-corrected chi connectivity index (χ0v) is 43.9. The number of aliphatic hydroxyl groups is 1. The van der Waals surface area contributed by atoms with Gasteiger partial charge in [0.05, 0.1) is 244 Å². The Morgan fingerprint density at radius 2 is 0.464 bits per heavy atom. The van der Waals surface area contributed by atoms with Gasteiger partial charge in [0.25, 0.3) is 0 Å². The van der Waals surface area contributed by atoms with E-state index in [9.17, 15) is 0 Å². The molecule has 0 aliphatic heterocycles. The van der Waals surface area contributed by atoms with Crippen molar-refractivity contribution in [1.82, 2.24) is 0 Å². The molecular formula is C50H100O19. The van der Waals surface area contributed by atoms with Gasteiger partial charge in [0.2, 0.25) is 0 Å². The Balaban J connectivity index is 1.63. The molecule has 1 fully saturated rings. The third kappa shape index (κ3) is 49.2. The molecule has 1 N–H and O–H groups in total. The molecule has 19 nitrogen and oxygen atoms in total. The van der Waals surface area contributed by atoms with E-state index in [2.05, 4.69) is 34.6 Å². The molecule has 0 atom stereocenters. The second kappa shape index (κ2) is 50.8. The minimum absolute atomic E-state index is 0.0210. The van der Waals surface area contributed by atoms with E-state index in [4.69, 9.17) is 90.4 Å². The average molecular weight is 1010 g/mol. The van der Waals surface area contributed by atoms with Gasteiger partial charge in [-0.1, -0.05) is 34.6 Å². The molecule has 0 heterocycles. The highest BCUT2D eigenvalue weighted by molar-refractivity contribution is 4.86. The number of rotatable bonds is 56. The lowest BCUT2D eigenvalue weighted by Gasteiger charge is -2.42. The summed E-state index contributed by atoms with van der Waals surface area (Å²) in [5.41, 5.74) is 0.757. The highest BCUT2D eigenvalue weighted by Gasteiger charge is 2.36. The van der Waals surface area contributed by atoms with Crippen molar-refractivity contribution in [3.63, 3.8) is 0 Å². The van der Waals surface area contributed by atoms with Crippen LogP contribution in [0.25, 0.3) is 0 Å². The lowest BCUT2D eigenvalue weighted by molar-refractivity contribution is -0.0415. The molecular weight excluding hydrogens is 905 g/mol. The molecule has 0 unspecified atom stereocenters. The summed E-state index contributed by atoms with van der Waals surface area (Å²) in [6.45, 7) is 29.6. The third-order valence-electron chi connectivity index (χ3n) is 10.5. The first-order valence-electron chi connectivity index (χ1n) is 25.8. The summed E-state index contributed by atoms with van der Waals surface area (Å²) < 4.78 is 99.4. The van der Waals surface area contributed by atoms with Crippen LogP contribution in [0.2, 0.25) is 0 Å². The fourth-order valence-corrected chi connectivity index (χ4v) is 7.48. The summed E-state index contributed by atoms with van der Waals surface area (Å²) in [7, 11) is 0. The molecule has 1 rings (SSSR count). The van der Waals surface area contributed by atoms with E-state index in [1.807, 2.05) is 0 Å².